The highest BCUT2D eigenvalue weighted by molar-refractivity contribution is 6.25. The molecule has 2 N–H and O–H groups in total. The first-order valence-electron chi connectivity index (χ1n) is 9.96. The molecule has 0 aromatic rings. The molecule has 6 atom stereocenters. The summed E-state index contributed by atoms with van der Waals surface area (Å²) in [6.45, 7) is 8.56. The molecule has 4 heterocycles. The lowest BCUT2D eigenvalue weighted by atomic mass is 9.82. The van der Waals surface area contributed by atoms with Gasteiger partial charge < -0.3 is 24.6 Å². The third-order valence-electron chi connectivity index (χ3n) is 6.26. The minimum atomic E-state index is -0.797. The second kappa shape index (κ2) is 6.93. The van der Waals surface area contributed by atoms with Crippen LogP contribution in [-0.2, 0) is 23.8 Å². The number of aliphatic hydroxyl groups excluding tert-OH is 1. The monoisotopic (exact) mass is 401 g/mol. The molecule has 0 aromatic heterocycles. The van der Waals surface area contributed by atoms with Crippen molar-refractivity contribution >= 4 is 11.7 Å². The van der Waals surface area contributed by atoms with Crippen LogP contribution in [0.25, 0.3) is 0 Å². The van der Waals surface area contributed by atoms with Crippen molar-refractivity contribution in [2.24, 2.45) is 11.8 Å². The number of fused-ring (bicyclic) bond motifs is 3. The van der Waals surface area contributed by atoms with Crippen LogP contribution < -0.4 is 5.32 Å². The molecule has 0 radical (unpaired) electrons. The van der Waals surface area contributed by atoms with E-state index in [1.165, 1.54) is 6.08 Å². The average molecular weight is 401 g/mol. The van der Waals surface area contributed by atoms with Crippen molar-refractivity contribution in [1.82, 2.24) is 5.32 Å². The van der Waals surface area contributed by atoms with E-state index >= 15 is 0 Å². The second-order valence-corrected chi connectivity index (χ2v) is 8.48. The minimum absolute atomic E-state index is 0.0269. The number of aliphatic hydroxyl groups is 1. The summed E-state index contributed by atoms with van der Waals surface area (Å²) in [6, 6.07) is 0. The largest absolute Gasteiger partial charge is 0.507 e. The molecular formula is C22H27NO6. The van der Waals surface area contributed by atoms with E-state index in [0.29, 0.717) is 6.61 Å². The Balaban J connectivity index is 1.49. The molecule has 3 saturated heterocycles. The van der Waals surface area contributed by atoms with Crippen LogP contribution in [0.3, 0.4) is 0 Å². The zero-order chi connectivity index (χ0) is 21.0. The molecule has 4 aliphatic heterocycles. The van der Waals surface area contributed by atoms with Gasteiger partial charge in [-0.05, 0) is 26.0 Å². The summed E-state index contributed by atoms with van der Waals surface area (Å²) in [6.07, 6.45) is 9.18. The Morgan fingerprint density at radius 3 is 2.69 bits per heavy atom. The molecular weight excluding hydrogens is 374 g/mol. The molecule has 5 unspecified atom stereocenters. The molecule has 0 aliphatic carbocycles. The number of ketones is 1. The normalized spacial score (nSPS) is 41.8. The predicted octanol–water partition coefficient (Wildman–Crippen LogP) is 2.11. The van der Waals surface area contributed by atoms with Gasteiger partial charge in [0.1, 0.15) is 11.3 Å². The van der Waals surface area contributed by atoms with Crippen LogP contribution in [0.5, 0.6) is 0 Å². The highest BCUT2D eigenvalue weighted by Crippen LogP contribution is 2.51. The number of epoxide rings is 1. The fourth-order valence-electron chi connectivity index (χ4n) is 4.37. The Morgan fingerprint density at radius 2 is 2.07 bits per heavy atom. The van der Waals surface area contributed by atoms with Crippen molar-refractivity contribution in [2.75, 3.05) is 13.2 Å². The van der Waals surface area contributed by atoms with Gasteiger partial charge in [-0.1, -0.05) is 37.6 Å². The van der Waals surface area contributed by atoms with Crippen molar-refractivity contribution in [3.8, 4) is 0 Å². The molecule has 156 valence electrons. The number of hydrogen-bond donors (Lipinski definition) is 2. The van der Waals surface area contributed by atoms with Gasteiger partial charge in [-0.15, -0.1) is 0 Å². The predicted molar refractivity (Wildman–Crippen MR) is 105 cm³/mol. The van der Waals surface area contributed by atoms with E-state index < -0.39 is 23.1 Å². The first-order chi connectivity index (χ1) is 13.7. The van der Waals surface area contributed by atoms with E-state index in [1.54, 1.807) is 6.08 Å². The summed E-state index contributed by atoms with van der Waals surface area (Å²) in [5.41, 5.74) is 0.221. The van der Waals surface area contributed by atoms with Crippen LogP contribution >= 0.6 is 0 Å². The number of Topliss-reactive ketones (excluding diaryl/α,β-unsaturated/α-hetero) is 1. The van der Waals surface area contributed by atoms with Crippen LogP contribution in [-0.4, -0.2) is 53.5 Å². The first kappa shape index (κ1) is 20.1. The minimum Gasteiger partial charge on any atom is -0.507 e. The standard InChI is InChI=1S/C22H27NO6/c1-12(5-6-15(24)18-16(25)10-23-20(18)26)9-13(2)19-14(3)17-7-8-22(11-27-22)21(4,28-17)29-19/h5-9,13-14,17,19,24H,10-11H2,1-4H3,(H,23,26)/b6-5+,12-9+,18-15+/t13-,14?,17?,19?,21?,22?/m1/s1. The summed E-state index contributed by atoms with van der Waals surface area (Å²) in [7, 11) is 0. The zero-order valence-corrected chi connectivity index (χ0v) is 17.1. The number of ether oxygens (including phenoxy) is 3. The van der Waals surface area contributed by atoms with Gasteiger partial charge >= 0.3 is 0 Å². The van der Waals surface area contributed by atoms with Crippen LogP contribution in [0.1, 0.15) is 27.7 Å². The van der Waals surface area contributed by atoms with Crippen LogP contribution in [0.4, 0.5) is 0 Å². The lowest BCUT2D eigenvalue weighted by Crippen LogP contribution is -2.61. The maximum absolute atomic E-state index is 11.7. The van der Waals surface area contributed by atoms with Gasteiger partial charge in [-0.25, -0.2) is 0 Å². The maximum atomic E-state index is 11.7. The molecule has 0 saturated carbocycles. The average Bonchev–Trinajstić information content (AvgIpc) is 3.39. The smallest absolute Gasteiger partial charge is 0.259 e. The number of carbonyl (C=O) groups is 2. The van der Waals surface area contributed by atoms with Crippen LogP contribution in [0.2, 0.25) is 0 Å². The molecule has 29 heavy (non-hydrogen) atoms. The van der Waals surface area contributed by atoms with Gasteiger partial charge in [0.15, 0.2) is 11.4 Å². The number of allylic oxidation sites excluding steroid dienone is 3. The summed E-state index contributed by atoms with van der Waals surface area (Å²) in [4.78, 5) is 23.3. The Hall–Kier alpha value is -2.22. The summed E-state index contributed by atoms with van der Waals surface area (Å²) in [5, 5.41) is 12.5. The molecule has 1 amide bonds. The molecule has 4 rings (SSSR count). The molecule has 0 aromatic carbocycles. The van der Waals surface area contributed by atoms with Crippen molar-refractivity contribution in [3.63, 3.8) is 0 Å². The molecule has 4 aliphatic rings. The third-order valence-corrected chi connectivity index (χ3v) is 6.26. The lowest BCUT2D eigenvalue weighted by molar-refractivity contribution is -0.346. The van der Waals surface area contributed by atoms with Gasteiger partial charge in [0.05, 0.1) is 25.4 Å². The van der Waals surface area contributed by atoms with Crippen molar-refractivity contribution in [3.05, 3.63) is 47.3 Å². The topological polar surface area (TPSA) is 97.4 Å². The Labute approximate surface area is 170 Å². The van der Waals surface area contributed by atoms with E-state index in [9.17, 15) is 14.7 Å². The molecule has 7 nitrogen and oxygen atoms in total. The number of carbonyl (C=O) groups excluding carboxylic acids is 2. The summed E-state index contributed by atoms with van der Waals surface area (Å²) >= 11 is 0. The van der Waals surface area contributed by atoms with Crippen molar-refractivity contribution in [2.45, 2.75) is 51.3 Å². The van der Waals surface area contributed by atoms with E-state index in [4.69, 9.17) is 14.2 Å². The van der Waals surface area contributed by atoms with E-state index in [0.717, 1.165) is 5.57 Å². The SMILES string of the molecule is CC(/C=C/C(O)=C1/C(=O)CNC1=O)=C\[C@@H](C)C1OC2(C)OC(C=CC23CO3)C1C. The number of rotatable bonds is 4. The number of nitrogens with one attached hydrogen (secondary N) is 1. The van der Waals surface area contributed by atoms with E-state index in [-0.39, 0.29) is 41.9 Å². The maximum Gasteiger partial charge on any atom is 0.259 e. The van der Waals surface area contributed by atoms with Gasteiger partial charge in [-0.3, -0.25) is 9.59 Å². The Kier molecular flexibility index (Phi) is 4.80. The van der Waals surface area contributed by atoms with E-state index in [2.05, 4.69) is 37.4 Å². The summed E-state index contributed by atoms with van der Waals surface area (Å²) < 4.78 is 18.2. The highest BCUT2D eigenvalue weighted by Gasteiger charge is 2.65. The first-order valence-corrected chi connectivity index (χ1v) is 9.96. The quantitative estimate of drug-likeness (QED) is 0.187. The highest BCUT2D eigenvalue weighted by atomic mass is 16.8. The van der Waals surface area contributed by atoms with Crippen LogP contribution in [0, 0.1) is 11.8 Å². The zero-order valence-electron chi connectivity index (χ0n) is 17.1. The van der Waals surface area contributed by atoms with Gasteiger partial charge in [0.2, 0.25) is 5.79 Å². The summed E-state index contributed by atoms with van der Waals surface area (Å²) in [5.74, 6) is -1.82. The molecule has 1 spiro atoms. The number of hydrogen-bond acceptors (Lipinski definition) is 6. The molecule has 3 fully saturated rings. The third kappa shape index (κ3) is 3.37. The number of amides is 1. The Morgan fingerprint density at radius 1 is 1.34 bits per heavy atom. The van der Waals surface area contributed by atoms with Gasteiger partial charge in [0.25, 0.3) is 5.91 Å². The fourth-order valence-corrected chi connectivity index (χ4v) is 4.37. The van der Waals surface area contributed by atoms with E-state index in [1.807, 2.05) is 13.8 Å². The molecule has 2 bridgehead atoms. The lowest BCUT2D eigenvalue weighted by Gasteiger charge is -2.51. The Bertz CT molecular complexity index is 847. The second-order valence-electron chi connectivity index (χ2n) is 8.48. The van der Waals surface area contributed by atoms with Gasteiger partial charge in [0, 0.05) is 11.8 Å². The fraction of sp³-hybridized carbons (Fsp3) is 0.545. The van der Waals surface area contributed by atoms with Crippen molar-refractivity contribution in [1.29, 1.82) is 0 Å². The molecule has 7 heteroatoms. The van der Waals surface area contributed by atoms with Crippen molar-refractivity contribution < 1.29 is 28.9 Å². The van der Waals surface area contributed by atoms with Gasteiger partial charge in [-0.2, -0.15) is 0 Å². The van der Waals surface area contributed by atoms with Crippen LogP contribution in [0.15, 0.2) is 47.3 Å².